The molecule has 0 radical (unpaired) electrons. The molecule has 1 amide bonds. The number of benzene rings is 2. The lowest BCUT2D eigenvalue weighted by molar-refractivity contribution is -0.120. The molecule has 0 saturated heterocycles. The van der Waals surface area contributed by atoms with E-state index in [1.807, 2.05) is 36.4 Å². The van der Waals surface area contributed by atoms with Crippen LogP contribution < -0.4 is 14.8 Å². The number of ether oxygens (including phenoxy) is 2. The minimum Gasteiger partial charge on any atom is -0.497 e. The Bertz CT molecular complexity index is 665. The molecule has 0 aromatic heterocycles. The Labute approximate surface area is 130 Å². The number of rotatable bonds is 5. The topological polar surface area (TPSA) is 47.6 Å². The van der Waals surface area contributed by atoms with Crippen molar-refractivity contribution < 1.29 is 14.3 Å². The second-order valence-electron chi connectivity index (χ2n) is 5.34. The molecule has 114 valence electrons. The van der Waals surface area contributed by atoms with Gasteiger partial charge in [-0.25, -0.2) is 0 Å². The van der Waals surface area contributed by atoms with Crippen LogP contribution in [0.4, 0.5) is 0 Å². The highest BCUT2D eigenvalue weighted by atomic mass is 16.5. The summed E-state index contributed by atoms with van der Waals surface area (Å²) in [6, 6.07) is 13.6. The van der Waals surface area contributed by atoms with Gasteiger partial charge in [0.25, 0.3) is 0 Å². The maximum atomic E-state index is 12.0. The van der Waals surface area contributed by atoms with Gasteiger partial charge < -0.3 is 14.8 Å². The summed E-state index contributed by atoms with van der Waals surface area (Å²) in [5.74, 6) is 1.78. The predicted molar refractivity (Wildman–Crippen MR) is 84.2 cm³/mol. The van der Waals surface area contributed by atoms with Gasteiger partial charge in [0.2, 0.25) is 5.91 Å². The molecule has 0 spiro atoms. The lowest BCUT2D eigenvalue weighted by Crippen LogP contribution is -2.24. The number of fused-ring (bicyclic) bond motifs is 1. The number of hydrogen-bond acceptors (Lipinski definition) is 3. The van der Waals surface area contributed by atoms with Gasteiger partial charge >= 0.3 is 0 Å². The van der Waals surface area contributed by atoms with E-state index in [0.717, 1.165) is 35.7 Å². The summed E-state index contributed by atoms with van der Waals surface area (Å²) >= 11 is 0. The van der Waals surface area contributed by atoms with Gasteiger partial charge in [-0.15, -0.1) is 0 Å². The molecule has 1 N–H and O–H groups in total. The average Bonchev–Trinajstić information content (AvgIpc) is 3.01. The van der Waals surface area contributed by atoms with E-state index in [4.69, 9.17) is 9.47 Å². The number of amides is 1. The second kappa shape index (κ2) is 6.52. The maximum Gasteiger partial charge on any atom is 0.224 e. The van der Waals surface area contributed by atoms with Gasteiger partial charge in [-0.1, -0.05) is 24.3 Å². The van der Waals surface area contributed by atoms with Crippen LogP contribution in [0.5, 0.6) is 11.5 Å². The van der Waals surface area contributed by atoms with E-state index in [2.05, 4.69) is 11.4 Å². The molecular weight excluding hydrogens is 278 g/mol. The molecule has 3 rings (SSSR count). The van der Waals surface area contributed by atoms with Crippen molar-refractivity contribution in [1.82, 2.24) is 5.32 Å². The summed E-state index contributed by atoms with van der Waals surface area (Å²) in [5.41, 5.74) is 3.30. The lowest BCUT2D eigenvalue weighted by atomic mass is 10.1. The molecule has 4 nitrogen and oxygen atoms in total. The van der Waals surface area contributed by atoms with E-state index in [1.165, 1.54) is 5.56 Å². The van der Waals surface area contributed by atoms with E-state index in [-0.39, 0.29) is 5.91 Å². The molecule has 0 fully saturated rings. The molecule has 0 unspecified atom stereocenters. The third-order valence-corrected chi connectivity index (χ3v) is 3.77. The summed E-state index contributed by atoms with van der Waals surface area (Å²) in [6.45, 7) is 1.30. The van der Waals surface area contributed by atoms with Crippen LogP contribution in [0.2, 0.25) is 0 Å². The van der Waals surface area contributed by atoms with E-state index >= 15 is 0 Å². The van der Waals surface area contributed by atoms with Crippen molar-refractivity contribution in [2.24, 2.45) is 0 Å². The van der Waals surface area contributed by atoms with Crippen molar-refractivity contribution in [3.05, 3.63) is 59.2 Å². The zero-order chi connectivity index (χ0) is 15.4. The third kappa shape index (κ3) is 3.39. The van der Waals surface area contributed by atoms with Crippen molar-refractivity contribution in [3.63, 3.8) is 0 Å². The van der Waals surface area contributed by atoms with E-state index in [9.17, 15) is 4.79 Å². The fourth-order valence-electron chi connectivity index (χ4n) is 2.54. The maximum absolute atomic E-state index is 12.0. The first kappa shape index (κ1) is 14.4. The first-order valence-corrected chi connectivity index (χ1v) is 7.39. The van der Waals surface area contributed by atoms with Crippen LogP contribution in [0.15, 0.2) is 42.5 Å². The second-order valence-corrected chi connectivity index (χ2v) is 5.34. The van der Waals surface area contributed by atoms with Gasteiger partial charge in [0.1, 0.15) is 11.5 Å². The normalized spacial score (nSPS) is 12.4. The van der Waals surface area contributed by atoms with Crippen molar-refractivity contribution in [2.45, 2.75) is 19.4 Å². The molecule has 0 aliphatic carbocycles. The van der Waals surface area contributed by atoms with Gasteiger partial charge in [-0.2, -0.15) is 0 Å². The molecule has 1 aliphatic rings. The Morgan fingerprint density at radius 1 is 1.18 bits per heavy atom. The van der Waals surface area contributed by atoms with Crippen LogP contribution in [-0.2, 0) is 24.2 Å². The molecule has 0 atom stereocenters. The SMILES string of the molecule is COc1ccc(CC(=O)NCc2ccc3c(c2)CCO3)cc1. The summed E-state index contributed by atoms with van der Waals surface area (Å²) < 4.78 is 10.6. The Kier molecular flexibility index (Phi) is 4.28. The fraction of sp³-hybridized carbons (Fsp3) is 0.278. The highest BCUT2D eigenvalue weighted by Crippen LogP contribution is 2.25. The highest BCUT2D eigenvalue weighted by Gasteiger charge is 2.12. The van der Waals surface area contributed by atoms with E-state index in [1.54, 1.807) is 7.11 Å². The van der Waals surface area contributed by atoms with Crippen LogP contribution in [0.1, 0.15) is 16.7 Å². The number of carbonyl (C=O) groups is 1. The molecule has 2 aromatic rings. The number of nitrogens with one attached hydrogen (secondary N) is 1. The Hall–Kier alpha value is -2.49. The van der Waals surface area contributed by atoms with Gasteiger partial charge in [0, 0.05) is 13.0 Å². The Morgan fingerprint density at radius 3 is 2.73 bits per heavy atom. The lowest BCUT2D eigenvalue weighted by Gasteiger charge is -2.07. The predicted octanol–water partition coefficient (Wildman–Crippen LogP) is 2.49. The Balaban J connectivity index is 1.53. The summed E-state index contributed by atoms with van der Waals surface area (Å²) in [6.07, 6.45) is 1.32. The third-order valence-electron chi connectivity index (χ3n) is 3.77. The summed E-state index contributed by atoms with van der Waals surface area (Å²) in [5, 5.41) is 2.96. The van der Waals surface area contributed by atoms with E-state index < -0.39 is 0 Å². The summed E-state index contributed by atoms with van der Waals surface area (Å²) in [4.78, 5) is 12.0. The minimum absolute atomic E-state index is 0.0157. The summed E-state index contributed by atoms with van der Waals surface area (Å²) in [7, 11) is 1.63. The van der Waals surface area contributed by atoms with Crippen molar-refractivity contribution in [2.75, 3.05) is 13.7 Å². The van der Waals surface area contributed by atoms with Crippen LogP contribution in [0.25, 0.3) is 0 Å². The number of hydrogen-bond donors (Lipinski definition) is 1. The van der Waals surface area contributed by atoms with Gasteiger partial charge in [-0.05, 0) is 34.9 Å². The highest BCUT2D eigenvalue weighted by molar-refractivity contribution is 5.78. The van der Waals surface area contributed by atoms with Gasteiger partial charge in [0.15, 0.2) is 0 Å². The first-order chi connectivity index (χ1) is 10.7. The van der Waals surface area contributed by atoms with Gasteiger partial charge in [-0.3, -0.25) is 4.79 Å². The van der Waals surface area contributed by atoms with Crippen LogP contribution in [-0.4, -0.2) is 19.6 Å². The first-order valence-electron chi connectivity index (χ1n) is 7.39. The zero-order valence-electron chi connectivity index (χ0n) is 12.6. The standard InChI is InChI=1S/C18H19NO3/c1-21-16-5-2-13(3-6-16)11-18(20)19-12-14-4-7-17-15(10-14)8-9-22-17/h2-7,10H,8-9,11-12H2,1H3,(H,19,20). The largest absolute Gasteiger partial charge is 0.497 e. The molecule has 1 aliphatic heterocycles. The number of carbonyl (C=O) groups excluding carboxylic acids is 1. The fourth-order valence-corrected chi connectivity index (χ4v) is 2.54. The quantitative estimate of drug-likeness (QED) is 0.922. The number of methoxy groups -OCH3 is 1. The van der Waals surface area contributed by atoms with Gasteiger partial charge in [0.05, 0.1) is 20.1 Å². The minimum atomic E-state index is 0.0157. The molecule has 4 heteroatoms. The van der Waals surface area contributed by atoms with Crippen LogP contribution >= 0.6 is 0 Å². The zero-order valence-corrected chi connectivity index (χ0v) is 12.6. The molecule has 0 saturated carbocycles. The molecule has 2 aromatic carbocycles. The molecule has 0 bridgehead atoms. The average molecular weight is 297 g/mol. The monoisotopic (exact) mass is 297 g/mol. The smallest absolute Gasteiger partial charge is 0.224 e. The van der Waals surface area contributed by atoms with Crippen molar-refractivity contribution >= 4 is 5.91 Å². The van der Waals surface area contributed by atoms with E-state index in [0.29, 0.717) is 13.0 Å². The van der Waals surface area contributed by atoms with Crippen molar-refractivity contribution in [3.8, 4) is 11.5 Å². The molecule has 1 heterocycles. The van der Waals surface area contributed by atoms with Crippen LogP contribution in [0, 0.1) is 0 Å². The van der Waals surface area contributed by atoms with Crippen molar-refractivity contribution in [1.29, 1.82) is 0 Å². The van der Waals surface area contributed by atoms with Crippen LogP contribution in [0.3, 0.4) is 0 Å². The molecule has 22 heavy (non-hydrogen) atoms. The Morgan fingerprint density at radius 2 is 1.95 bits per heavy atom. The molecular formula is C18H19NO3.